The number of aromatic hydroxyl groups is 1. The van der Waals surface area contributed by atoms with Crippen LogP contribution in [0.25, 0.3) is 11.5 Å². The summed E-state index contributed by atoms with van der Waals surface area (Å²) in [4.78, 5) is 63.0. The van der Waals surface area contributed by atoms with Crippen molar-refractivity contribution in [2.75, 3.05) is 21.1 Å². The van der Waals surface area contributed by atoms with Gasteiger partial charge in [-0.25, -0.2) is 19.2 Å². The summed E-state index contributed by atoms with van der Waals surface area (Å²) in [5, 5.41) is 18.0. The van der Waals surface area contributed by atoms with E-state index in [-0.39, 0.29) is 23.3 Å². The van der Waals surface area contributed by atoms with Crippen molar-refractivity contribution in [1.29, 1.82) is 0 Å². The summed E-state index contributed by atoms with van der Waals surface area (Å²) >= 11 is 0. The highest BCUT2D eigenvalue weighted by atomic mass is 19.4. The maximum absolute atomic E-state index is 13.7. The predicted molar refractivity (Wildman–Crippen MR) is 150 cm³/mol. The number of carboxylic acids is 1. The number of H-pyrrole nitrogens is 1. The number of amides is 2. The van der Waals surface area contributed by atoms with Crippen molar-refractivity contribution in [2.45, 2.75) is 57.3 Å². The zero-order valence-electron chi connectivity index (χ0n) is 24.9. The Bertz CT molecular complexity index is 1690. The lowest BCUT2D eigenvalue weighted by Gasteiger charge is -2.43. The SMILES string of the molecule is Cc1cc(Cc2c[nH]c(-c3nc4n(c(=O)c3O)CC3CCC4(N(C)C(=O)C(=O)N(C)C)CC3)n2)ccc1F.O=C(O)C(F)(F)F. The van der Waals surface area contributed by atoms with E-state index in [1.165, 1.54) is 34.5 Å². The number of rotatable bonds is 4. The molecule has 45 heavy (non-hydrogen) atoms. The molecule has 0 radical (unpaired) electrons. The van der Waals surface area contributed by atoms with Crippen molar-refractivity contribution in [3.63, 3.8) is 0 Å². The Kier molecular flexibility index (Phi) is 9.07. The van der Waals surface area contributed by atoms with Crippen molar-refractivity contribution < 1.29 is 42.2 Å². The molecule has 2 aliphatic heterocycles. The number of carbonyl (C=O) groups excluding carboxylic acids is 2. The van der Waals surface area contributed by atoms with Crippen molar-refractivity contribution in [2.24, 2.45) is 5.92 Å². The number of fused-ring (bicyclic) bond motifs is 2. The fourth-order valence-corrected chi connectivity index (χ4v) is 5.67. The van der Waals surface area contributed by atoms with Crippen LogP contribution in [0.2, 0.25) is 0 Å². The molecule has 242 valence electrons. The maximum Gasteiger partial charge on any atom is 0.490 e. The summed E-state index contributed by atoms with van der Waals surface area (Å²) in [6.45, 7) is 2.07. The number of carboxylic acid groups (broad SMARTS) is 1. The molecule has 3 N–H and O–H groups in total. The third kappa shape index (κ3) is 6.54. The number of nitrogens with one attached hydrogen (secondary N) is 1. The topological polar surface area (TPSA) is 162 Å². The number of aromatic nitrogens is 4. The standard InChI is InChI=1S/C27H31FN6O4.C2HF3O2/c1-15-11-17(5-6-19(15)28)12-18-13-29-22(30-18)20-21(35)23(36)34-14-16-7-9-27(10-8-16,26(34)31-20)33(4)25(38)24(37)32(2)3;3-2(4,5)1(6)7/h5-6,11,13,16,35H,7-10,12,14H2,1-4H3,(H,29,30);(H,6,7). The van der Waals surface area contributed by atoms with Gasteiger partial charge in [-0.05, 0) is 55.7 Å². The molecule has 2 amide bonds. The maximum atomic E-state index is 13.7. The van der Waals surface area contributed by atoms with Crippen LogP contribution in [0, 0.1) is 18.7 Å². The van der Waals surface area contributed by atoms with Gasteiger partial charge in [0.2, 0.25) is 5.75 Å². The van der Waals surface area contributed by atoms with Crippen molar-refractivity contribution in [3.8, 4) is 17.3 Å². The normalized spacial score (nSPS) is 18.7. The lowest BCUT2D eigenvalue weighted by atomic mass is 9.76. The molecule has 16 heteroatoms. The molecule has 2 aromatic heterocycles. The van der Waals surface area contributed by atoms with E-state index in [9.17, 15) is 37.1 Å². The molecule has 0 spiro atoms. The summed E-state index contributed by atoms with van der Waals surface area (Å²) in [7, 11) is 4.61. The van der Waals surface area contributed by atoms with Crippen LogP contribution in [-0.4, -0.2) is 84.6 Å². The van der Waals surface area contributed by atoms with Gasteiger partial charge >= 0.3 is 24.0 Å². The van der Waals surface area contributed by atoms with Crippen LogP contribution in [0.3, 0.4) is 0 Å². The predicted octanol–water partition coefficient (Wildman–Crippen LogP) is 2.96. The van der Waals surface area contributed by atoms with Gasteiger partial charge in [0.1, 0.15) is 17.2 Å². The smallest absolute Gasteiger partial charge is 0.490 e. The first-order valence-electron chi connectivity index (χ1n) is 13.9. The molecule has 1 saturated carbocycles. The number of imidazole rings is 1. The Morgan fingerprint density at radius 1 is 1.11 bits per heavy atom. The summed E-state index contributed by atoms with van der Waals surface area (Å²) < 4.78 is 46.9. The molecule has 0 unspecified atom stereocenters. The average Bonchev–Trinajstić information content (AvgIpc) is 3.30. The number of likely N-dealkylation sites (N-methyl/N-ethyl adjacent to an activating group) is 2. The van der Waals surface area contributed by atoms with Gasteiger partial charge in [0.25, 0.3) is 5.56 Å². The Labute approximate surface area is 254 Å². The summed E-state index contributed by atoms with van der Waals surface area (Å²) in [5.74, 6) is -4.14. The van der Waals surface area contributed by atoms with Crippen LogP contribution < -0.4 is 5.56 Å². The Morgan fingerprint density at radius 3 is 2.29 bits per heavy atom. The van der Waals surface area contributed by atoms with Gasteiger partial charge in [0.05, 0.1) is 5.69 Å². The number of aromatic amines is 1. The van der Waals surface area contributed by atoms with Gasteiger partial charge in [-0.15, -0.1) is 0 Å². The van der Waals surface area contributed by atoms with Crippen molar-refractivity contribution in [1.82, 2.24) is 29.3 Å². The summed E-state index contributed by atoms with van der Waals surface area (Å²) in [6, 6.07) is 4.84. The second-order valence-electron chi connectivity index (χ2n) is 11.4. The van der Waals surface area contributed by atoms with Gasteiger partial charge in [0.15, 0.2) is 11.5 Å². The minimum absolute atomic E-state index is 0.00713. The minimum atomic E-state index is -5.08. The highest BCUT2D eigenvalue weighted by Gasteiger charge is 2.50. The Balaban J connectivity index is 0.000000591. The molecular formula is C29H32F4N6O6. The fourth-order valence-electron chi connectivity index (χ4n) is 5.67. The van der Waals surface area contributed by atoms with Gasteiger partial charge in [-0.3, -0.25) is 19.0 Å². The molecule has 2 bridgehead atoms. The van der Waals surface area contributed by atoms with E-state index in [0.29, 0.717) is 42.9 Å². The minimum Gasteiger partial charge on any atom is -0.501 e. The van der Waals surface area contributed by atoms with E-state index in [0.717, 1.165) is 18.4 Å². The van der Waals surface area contributed by atoms with Gasteiger partial charge < -0.3 is 25.0 Å². The number of carbonyl (C=O) groups is 3. The largest absolute Gasteiger partial charge is 0.501 e. The number of aliphatic carboxylic acids is 1. The van der Waals surface area contributed by atoms with E-state index < -0.39 is 40.8 Å². The van der Waals surface area contributed by atoms with Crippen LogP contribution in [0.4, 0.5) is 17.6 Å². The molecule has 3 aliphatic rings. The quantitative estimate of drug-likeness (QED) is 0.291. The van der Waals surface area contributed by atoms with Crippen LogP contribution in [0.1, 0.15) is 48.3 Å². The van der Waals surface area contributed by atoms with Crippen LogP contribution in [0.15, 0.2) is 29.2 Å². The molecular weight excluding hydrogens is 604 g/mol. The van der Waals surface area contributed by atoms with Crippen LogP contribution in [-0.2, 0) is 32.9 Å². The van der Waals surface area contributed by atoms with Gasteiger partial charge in [-0.2, -0.15) is 13.2 Å². The number of hydrogen-bond acceptors (Lipinski definition) is 7. The molecule has 1 aliphatic carbocycles. The zero-order valence-corrected chi connectivity index (χ0v) is 24.9. The Morgan fingerprint density at radius 2 is 1.73 bits per heavy atom. The number of benzene rings is 1. The molecule has 1 aromatic carbocycles. The first kappa shape index (κ1) is 33.1. The van der Waals surface area contributed by atoms with E-state index in [2.05, 4.69) is 9.97 Å². The monoisotopic (exact) mass is 636 g/mol. The first-order valence-corrected chi connectivity index (χ1v) is 13.9. The molecule has 12 nitrogen and oxygen atoms in total. The fraction of sp³-hybridized carbons (Fsp3) is 0.448. The number of alkyl halides is 3. The highest BCUT2D eigenvalue weighted by Crippen LogP contribution is 2.47. The third-order valence-corrected chi connectivity index (χ3v) is 8.18. The van der Waals surface area contributed by atoms with Crippen molar-refractivity contribution >= 4 is 17.8 Å². The number of nitrogens with zero attached hydrogens (tertiary/aromatic N) is 5. The van der Waals surface area contributed by atoms with Crippen LogP contribution in [0.5, 0.6) is 5.75 Å². The van der Waals surface area contributed by atoms with E-state index in [4.69, 9.17) is 14.9 Å². The lowest BCUT2D eigenvalue weighted by molar-refractivity contribution is -0.192. The van der Waals surface area contributed by atoms with E-state index >= 15 is 0 Å². The number of aryl methyl sites for hydroxylation is 1. The zero-order chi connectivity index (χ0) is 33.4. The first-order chi connectivity index (χ1) is 21.0. The second kappa shape index (κ2) is 12.3. The van der Waals surface area contributed by atoms with Crippen molar-refractivity contribution in [3.05, 3.63) is 63.2 Å². The Hall–Kier alpha value is -4.76. The van der Waals surface area contributed by atoms with E-state index in [1.54, 1.807) is 32.3 Å². The number of hydrogen-bond donors (Lipinski definition) is 3. The average molecular weight is 637 g/mol. The van der Waals surface area contributed by atoms with Gasteiger partial charge in [-0.1, -0.05) is 12.1 Å². The molecule has 3 aromatic rings. The molecule has 4 heterocycles. The molecule has 0 saturated heterocycles. The lowest BCUT2D eigenvalue weighted by Crippen LogP contribution is -2.54. The number of halogens is 4. The summed E-state index contributed by atoms with van der Waals surface area (Å²) in [5.41, 5.74) is 0.438. The third-order valence-electron chi connectivity index (χ3n) is 8.18. The van der Waals surface area contributed by atoms with Crippen LogP contribution >= 0.6 is 0 Å². The molecule has 0 atom stereocenters. The second-order valence-corrected chi connectivity index (χ2v) is 11.4. The highest BCUT2D eigenvalue weighted by molar-refractivity contribution is 6.34. The summed E-state index contributed by atoms with van der Waals surface area (Å²) in [6.07, 6.45) is -0.401. The molecule has 1 fully saturated rings. The van der Waals surface area contributed by atoms with Gasteiger partial charge in [0, 0.05) is 40.3 Å². The van der Waals surface area contributed by atoms with E-state index in [1.807, 2.05) is 0 Å². The molecule has 6 rings (SSSR count).